The quantitative estimate of drug-likeness (QED) is 0.204. The number of aliphatic hydroxyl groups is 1. The Morgan fingerprint density at radius 3 is 2.58 bits per heavy atom. The highest BCUT2D eigenvalue weighted by atomic mass is 32.1. The third-order valence-corrected chi connectivity index (χ3v) is 7.40. The van der Waals surface area contributed by atoms with Crippen LogP contribution in [0, 0.1) is 6.92 Å². The molecule has 0 saturated carbocycles. The monoisotopic (exact) mass is 533 g/mol. The van der Waals surface area contributed by atoms with Crippen molar-refractivity contribution in [3.05, 3.63) is 69.5 Å². The summed E-state index contributed by atoms with van der Waals surface area (Å²) in [4.78, 5) is 30.1. The molecule has 1 aliphatic heterocycles. The number of carbonyl (C=O) groups excluding carboxylic acids is 2. The number of hydrogen-bond acceptors (Lipinski definition) is 11. The first kappa shape index (κ1) is 25.0. The zero-order chi connectivity index (χ0) is 27.4. The summed E-state index contributed by atoms with van der Waals surface area (Å²) in [6.45, 7) is 4.18. The molecule has 1 aromatic heterocycles. The highest BCUT2D eigenvalue weighted by Crippen LogP contribution is 2.60. The Balaban J connectivity index is 1.53. The predicted molar refractivity (Wildman–Crippen MR) is 141 cm³/mol. The van der Waals surface area contributed by atoms with Crippen LogP contribution in [0.25, 0.3) is 11.3 Å². The molecule has 4 N–H and O–H groups in total. The van der Waals surface area contributed by atoms with E-state index in [1.165, 1.54) is 38.2 Å². The van der Waals surface area contributed by atoms with E-state index in [9.17, 15) is 24.9 Å². The Kier molecular flexibility index (Phi) is 5.95. The number of rotatable bonds is 6. The summed E-state index contributed by atoms with van der Waals surface area (Å²) in [7, 11) is 1.59. The highest BCUT2D eigenvalue weighted by Gasteiger charge is 2.55. The number of aromatic hydroxyl groups is 2. The fourth-order valence-corrected chi connectivity index (χ4v) is 5.21. The van der Waals surface area contributed by atoms with Gasteiger partial charge in [-0.15, -0.1) is 11.3 Å². The molecular formula is C27H23N3O7S. The van der Waals surface area contributed by atoms with Crippen molar-refractivity contribution >= 4 is 34.2 Å². The number of nitrogens with zero attached hydrogens (tertiary/aromatic N) is 2. The molecule has 1 atom stereocenters. The molecule has 10 nitrogen and oxygen atoms in total. The first-order chi connectivity index (χ1) is 18.1. The Bertz CT molecular complexity index is 1600. The lowest BCUT2D eigenvalue weighted by molar-refractivity contribution is -0.123. The fraction of sp³-hybridized carbons (Fsp3) is 0.185. The third-order valence-electron chi connectivity index (χ3n) is 6.65. The topological polar surface area (TPSA) is 151 Å². The zero-order valence-electron chi connectivity index (χ0n) is 20.8. The van der Waals surface area contributed by atoms with Crippen molar-refractivity contribution in [3.63, 3.8) is 0 Å². The summed E-state index contributed by atoms with van der Waals surface area (Å²) in [5.74, 6) is -1.69. The van der Waals surface area contributed by atoms with Gasteiger partial charge in [0.1, 0.15) is 45.5 Å². The van der Waals surface area contributed by atoms with Gasteiger partial charge in [0.25, 0.3) is 0 Å². The Hall–Kier alpha value is -4.64. The van der Waals surface area contributed by atoms with Gasteiger partial charge in [-0.1, -0.05) is 0 Å². The molecule has 38 heavy (non-hydrogen) atoms. The number of aromatic nitrogens is 1. The molecule has 2 heterocycles. The normalized spacial score (nSPS) is 18.2. The zero-order valence-corrected chi connectivity index (χ0v) is 21.6. The second-order valence-electron chi connectivity index (χ2n) is 8.96. The van der Waals surface area contributed by atoms with Crippen LogP contribution >= 0.6 is 11.3 Å². The lowest BCUT2D eigenvalue weighted by atomic mass is 9.71. The molecule has 0 saturated heterocycles. The van der Waals surface area contributed by atoms with Crippen LogP contribution in [0.3, 0.4) is 0 Å². The number of ketones is 2. The number of aliphatic hydroxyl groups excluding tert-OH is 1. The van der Waals surface area contributed by atoms with Crippen molar-refractivity contribution in [2.24, 2.45) is 5.10 Å². The number of phenols is 2. The number of nitrogens with one attached hydrogen (secondary N) is 1. The van der Waals surface area contributed by atoms with E-state index in [0.717, 1.165) is 11.3 Å². The SMILES string of the molecule is COc1ccc(/C=N/Nc2nc(-c3c(O)c(C)c(O)c4c3OC3=CC(O)=C(C(C)=O)C(=O)[C@@]34C)cs2)cc1. The van der Waals surface area contributed by atoms with Crippen molar-refractivity contribution < 1.29 is 34.4 Å². The van der Waals surface area contributed by atoms with Gasteiger partial charge in [0, 0.05) is 17.0 Å². The average molecular weight is 534 g/mol. The summed E-state index contributed by atoms with van der Waals surface area (Å²) in [5.41, 5.74) is 2.39. The maximum Gasteiger partial charge on any atom is 0.203 e. The summed E-state index contributed by atoms with van der Waals surface area (Å²) in [6, 6.07) is 7.31. The van der Waals surface area contributed by atoms with Crippen LogP contribution in [0.2, 0.25) is 0 Å². The van der Waals surface area contributed by atoms with Crippen molar-refractivity contribution in [3.8, 4) is 34.3 Å². The molecule has 11 heteroatoms. The van der Waals surface area contributed by atoms with Crippen LogP contribution in [-0.2, 0) is 15.0 Å². The lowest BCUT2D eigenvalue weighted by Gasteiger charge is -2.28. The van der Waals surface area contributed by atoms with Crippen molar-refractivity contribution in [1.29, 1.82) is 0 Å². The van der Waals surface area contributed by atoms with E-state index < -0.39 is 22.7 Å². The molecule has 5 rings (SSSR count). The maximum absolute atomic E-state index is 13.4. The number of thiazole rings is 1. The molecule has 3 aromatic rings. The van der Waals surface area contributed by atoms with Gasteiger partial charge in [-0.3, -0.25) is 15.0 Å². The lowest BCUT2D eigenvalue weighted by Crippen LogP contribution is -2.38. The largest absolute Gasteiger partial charge is 0.507 e. The molecule has 0 unspecified atom stereocenters. The molecule has 2 aromatic carbocycles. The number of methoxy groups -OCH3 is 1. The third kappa shape index (κ3) is 3.70. The van der Waals surface area contributed by atoms with Gasteiger partial charge in [0.05, 0.1) is 30.1 Å². The molecular weight excluding hydrogens is 510 g/mol. The smallest absolute Gasteiger partial charge is 0.203 e. The number of phenolic OH excluding ortho intramolecular Hbond substituents is 2. The van der Waals surface area contributed by atoms with Gasteiger partial charge < -0.3 is 24.8 Å². The minimum atomic E-state index is -1.58. The maximum atomic E-state index is 13.4. The van der Waals surface area contributed by atoms with Crippen LogP contribution in [-0.4, -0.2) is 45.2 Å². The van der Waals surface area contributed by atoms with Crippen LogP contribution < -0.4 is 14.9 Å². The number of allylic oxidation sites excluding steroid dienone is 3. The molecule has 0 bridgehead atoms. The van der Waals surface area contributed by atoms with Crippen LogP contribution in [0.5, 0.6) is 23.0 Å². The minimum Gasteiger partial charge on any atom is -0.507 e. The second-order valence-corrected chi connectivity index (χ2v) is 9.82. The van der Waals surface area contributed by atoms with Gasteiger partial charge >= 0.3 is 0 Å². The molecule has 0 amide bonds. The van der Waals surface area contributed by atoms with Crippen LogP contribution in [0.4, 0.5) is 5.13 Å². The molecule has 0 radical (unpaired) electrons. The summed E-state index contributed by atoms with van der Waals surface area (Å²) in [5, 5.41) is 38.6. The van der Waals surface area contributed by atoms with E-state index in [0.29, 0.717) is 10.8 Å². The highest BCUT2D eigenvalue weighted by molar-refractivity contribution is 7.14. The van der Waals surface area contributed by atoms with Gasteiger partial charge in [0.15, 0.2) is 11.6 Å². The molecule has 1 aliphatic carbocycles. The molecule has 194 valence electrons. The first-order valence-corrected chi connectivity index (χ1v) is 12.3. The number of carbonyl (C=O) groups is 2. The number of anilines is 1. The number of hydrazone groups is 1. The summed E-state index contributed by atoms with van der Waals surface area (Å²) >= 11 is 1.22. The van der Waals surface area contributed by atoms with E-state index in [2.05, 4.69) is 15.5 Å². The number of Topliss-reactive ketones (excluding diaryl/α,β-unsaturated/α-hetero) is 2. The van der Waals surface area contributed by atoms with Gasteiger partial charge in [-0.25, -0.2) is 4.98 Å². The number of fused-ring (bicyclic) bond motifs is 3. The van der Waals surface area contributed by atoms with E-state index in [4.69, 9.17) is 9.47 Å². The molecule has 0 spiro atoms. The van der Waals surface area contributed by atoms with Gasteiger partial charge in [-0.2, -0.15) is 5.10 Å². The van der Waals surface area contributed by atoms with Crippen molar-refractivity contribution in [1.82, 2.24) is 4.98 Å². The van der Waals surface area contributed by atoms with Crippen molar-refractivity contribution in [2.45, 2.75) is 26.2 Å². The minimum absolute atomic E-state index is 0.0175. The standard InChI is InChI=1S/C27H23N3O7S/c1-12-22(33)20(16-11-38-26(29-16)30-28-10-14-5-7-15(36-4)8-6-14)24-21(23(12)34)27(3)18(37-24)9-17(32)19(13(2)31)25(27)35/h5-11,32-34H,1-4H3,(H,29,30)/b28-10+/t27-/m0/s1. The average Bonchev–Trinajstić information content (AvgIpc) is 3.46. The predicted octanol–water partition coefficient (Wildman–Crippen LogP) is 4.50. The summed E-state index contributed by atoms with van der Waals surface area (Å²) in [6.07, 6.45) is 2.80. The Morgan fingerprint density at radius 1 is 1.21 bits per heavy atom. The van der Waals surface area contributed by atoms with Gasteiger partial charge in [0.2, 0.25) is 5.13 Å². The van der Waals surface area contributed by atoms with E-state index in [-0.39, 0.29) is 45.3 Å². The second kappa shape index (κ2) is 9.03. The van der Waals surface area contributed by atoms with E-state index in [1.807, 2.05) is 24.3 Å². The van der Waals surface area contributed by atoms with E-state index in [1.54, 1.807) is 18.7 Å². The first-order valence-electron chi connectivity index (χ1n) is 11.4. The van der Waals surface area contributed by atoms with Crippen molar-refractivity contribution in [2.75, 3.05) is 12.5 Å². The van der Waals surface area contributed by atoms with E-state index >= 15 is 0 Å². The number of benzene rings is 2. The number of hydrogen-bond donors (Lipinski definition) is 4. The molecule has 0 fully saturated rings. The van der Waals surface area contributed by atoms with Crippen LogP contribution in [0.1, 0.15) is 30.5 Å². The number of ether oxygens (including phenoxy) is 2. The summed E-state index contributed by atoms with van der Waals surface area (Å²) < 4.78 is 11.1. The molecule has 2 aliphatic rings. The van der Waals surface area contributed by atoms with Gasteiger partial charge in [-0.05, 0) is 50.6 Å². The Morgan fingerprint density at radius 2 is 1.92 bits per heavy atom. The Labute approximate surface area is 221 Å². The van der Waals surface area contributed by atoms with Crippen LogP contribution in [0.15, 0.2) is 57.9 Å². The fourth-order valence-electron chi connectivity index (χ4n) is 4.56.